The fourth-order valence-corrected chi connectivity index (χ4v) is 3.68. The van der Waals surface area contributed by atoms with E-state index in [0.717, 1.165) is 33.3 Å². The number of pyridine rings is 1. The summed E-state index contributed by atoms with van der Waals surface area (Å²) in [5, 5.41) is 4.92. The van der Waals surface area contributed by atoms with Gasteiger partial charge in [-0.1, -0.05) is 55.5 Å². The Labute approximate surface area is 164 Å². The molecule has 0 saturated heterocycles. The van der Waals surface area contributed by atoms with Crippen molar-refractivity contribution in [3.05, 3.63) is 73.3 Å². The van der Waals surface area contributed by atoms with Gasteiger partial charge < -0.3 is 9.88 Å². The van der Waals surface area contributed by atoms with Gasteiger partial charge in [0, 0.05) is 36.0 Å². The summed E-state index contributed by atoms with van der Waals surface area (Å²) in [6.45, 7) is 2.01. The van der Waals surface area contributed by atoms with Crippen molar-refractivity contribution in [3.63, 3.8) is 0 Å². The lowest BCUT2D eigenvalue weighted by atomic mass is 9.99. The van der Waals surface area contributed by atoms with Gasteiger partial charge in [-0.05, 0) is 17.9 Å². The summed E-state index contributed by atoms with van der Waals surface area (Å²) in [5.74, 6) is -0.0253. The van der Waals surface area contributed by atoms with E-state index in [1.165, 1.54) is 0 Å². The van der Waals surface area contributed by atoms with E-state index in [4.69, 9.17) is 4.98 Å². The molecule has 5 nitrogen and oxygen atoms in total. The monoisotopic (exact) mass is 370 g/mol. The minimum atomic E-state index is -0.331. The van der Waals surface area contributed by atoms with Crippen molar-refractivity contribution in [2.24, 2.45) is 0 Å². The number of nitrogens with one attached hydrogen (secondary N) is 1. The molecule has 2 heterocycles. The van der Waals surface area contributed by atoms with Gasteiger partial charge >= 0.3 is 0 Å². The fourth-order valence-electron chi connectivity index (χ4n) is 3.68. The third-order valence-corrected chi connectivity index (χ3v) is 5.05. The first kappa shape index (κ1) is 17.9. The van der Waals surface area contributed by atoms with E-state index >= 15 is 0 Å². The Bertz CT molecular complexity index is 1110. The van der Waals surface area contributed by atoms with E-state index in [1.54, 1.807) is 19.6 Å². The van der Waals surface area contributed by atoms with E-state index in [-0.39, 0.29) is 11.9 Å². The number of amides is 1. The van der Waals surface area contributed by atoms with E-state index in [1.807, 2.05) is 66.2 Å². The minimum Gasteiger partial charge on any atom is -0.357 e. The first-order valence-electron chi connectivity index (χ1n) is 9.41. The highest BCUT2D eigenvalue weighted by Crippen LogP contribution is 2.37. The first-order chi connectivity index (χ1) is 13.7. The third-order valence-electron chi connectivity index (χ3n) is 5.05. The van der Waals surface area contributed by atoms with Crippen LogP contribution in [-0.2, 0) is 4.79 Å². The number of hydrogen-bond donors (Lipinski definition) is 1. The summed E-state index contributed by atoms with van der Waals surface area (Å²) >= 11 is 0. The molecule has 0 spiro atoms. The van der Waals surface area contributed by atoms with E-state index in [0.29, 0.717) is 6.42 Å². The summed E-state index contributed by atoms with van der Waals surface area (Å²) in [6.07, 6.45) is 6.10. The van der Waals surface area contributed by atoms with Crippen molar-refractivity contribution in [1.82, 2.24) is 19.9 Å². The van der Waals surface area contributed by atoms with Gasteiger partial charge in [-0.25, -0.2) is 4.98 Å². The Hall–Kier alpha value is -3.47. The van der Waals surface area contributed by atoms with Crippen LogP contribution in [0.5, 0.6) is 0 Å². The molecule has 2 aromatic carbocycles. The molecule has 4 rings (SSSR count). The number of carbonyl (C=O) groups excluding carboxylic acids is 1. The number of aromatic nitrogens is 3. The van der Waals surface area contributed by atoms with E-state index in [9.17, 15) is 4.79 Å². The van der Waals surface area contributed by atoms with Gasteiger partial charge in [-0.15, -0.1) is 0 Å². The Morgan fingerprint density at radius 2 is 1.93 bits per heavy atom. The van der Waals surface area contributed by atoms with E-state index in [2.05, 4.69) is 16.4 Å². The van der Waals surface area contributed by atoms with Crippen LogP contribution in [0.15, 0.2) is 73.3 Å². The summed E-state index contributed by atoms with van der Waals surface area (Å²) in [7, 11) is 1.67. The van der Waals surface area contributed by atoms with Gasteiger partial charge in [-0.3, -0.25) is 9.78 Å². The lowest BCUT2D eigenvalue weighted by molar-refractivity contribution is -0.123. The second-order valence-corrected chi connectivity index (χ2v) is 6.66. The van der Waals surface area contributed by atoms with Crippen LogP contribution in [-0.4, -0.2) is 27.5 Å². The van der Waals surface area contributed by atoms with Crippen LogP contribution in [0.4, 0.5) is 0 Å². The predicted molar refractivity (Wildman–Crippen MR) is 112 cm³/mol. The number of imidazole rings is 1. The molecular formula is C23H22N4O. The highest BCUT2D eigenvalue weighted by molar-refractivity contribution is 5.99. The maximum absolute atomic E-state index is 12.6. The molecule has 5 heteroatoms. The van der Waals surface area contributed by atoms with Crippen LogP contribution in [0.25, 0.3) is 33.3 Å². The number of rotatable bonds is 5. The van der Waals surface area contributed by atoms with Gasteiger partial charge in [0.05, 0.1) is 17.7 Å². The SMILES string of the molecule is CCC(C(=O)NC)n1cnc(-c2ccccc2)c1-c1cccc2cnccc12. The average molecular weight is 370 g/mol. The second-order valence-electron chi connectivity index (χ2n) is 6.66. The van der Waals surface area contributed by atoms with Gasteiger partial charge in [0.2, 0.25) is 5.91 Å². The highest BCUT2D eigenvalue weighted by Gasteiger charge is 2.24. The average Bonchev–Trinajstić information content (AvgIpc) is 3.18. The molecule has 28 heavy (non-hydrogen) atoms. The van der Waals surface area contributed by atoms with Crippen molar-refractivity contribution in [1.29, 1.82) is 0 Å². The number of likely N-dealkylation sites (N-methyl/N-ethyl adjacent to an activating group) is 1. The van der Waals surface area contributed by atoms with Crippen molar-refractivity contribution in [2.75, 3.05) is 7.05 Å². The molecule has 0 aliphatic carbocycles. The number of nitrogens with zero attached hydrogens (tertiary/aromatic N) is 3. The summed E-state index contributed by atoms with van der Waals surface area (Å²) in [4.78, 5) is 21.5. The zero-order valence-corrected chi connectivity index (χ0v) is 16.0. The lowest BCUT2D eigenvalue weighted by Crippen LogP contribution is -2.29. The van der Waals surface area contributed by atoms with Crippen LogP contribution >= 0.6 is 0 Å². The number of fused-ring (bicyclic) bond motifs is 1. The van der Waals surface area contributed by atoms with E-state index < -0.39 is 0 Å². The van der Waals surface area contributed by atoms with Crippen LogP contribution in [0.1, 0.15) is 19.4 Å². The van der Waals surface area contributed by atoms with Crippen molar-refractivity contribution >= 4 is 16.7 Å². The molecule has 1 atom stereocenters. The highest BCUT2D eigenvalue weighted by atomic mass is 16.2. The smallest absolute Gasteiger partial charge is 0.242 e. The molecule has 0 aliphatic heterocycles. The molecule has 1 N–H and O–H groups in total. The maximum atomic E-state index is 12.6. The van der Waals surface area contributed by atoms with Gasteiger partial charge in [0.15, 0.2) is 0 Å². The van der Waals surface area contributed by atoms with Crippen molar-refractivity contribution in [2.45, 2.75) is 19.4 Å². The predicted octanol–water partition coefficient (Wildman–Crippen LogP) is 4.46. The topological polar surface area (TPSA) is 59.8 Å². The van der Waals surface area contributed by atoms with Crippen LogP contribution < -0.4 is 5.32 Å². The quantitative estimate of drug-likeness (QED) is 0.564. The first-order valence-corrected chi connectivity index (χ1v) is 9.41. The number of hydrogen-bond acceptors (Lipinski definition) is 3. The normalized spacial score (nSPS) is 12.1. The molecule has 0 aliphatic rings. The minimum absolute atomic E-state index is 0.0253. The molecule has 1 unspecified atom stereocenters. The van der Waals surface area contributed by atoms with Gasteiger partial charge in [0.25, 0.3) is 0 Å². The Morgan fingerprint density at radius 1 is 1.11 bits per heavy atom. The summed E-state index contributed by atoms with van der Waals surface area (Å²) in [5.41, 5.74) is 3.87. The zero-order chi connectivity index (χ0) is 19.5. The van der Waals surface area contributed by atoms with Crippen LogP contribution in [0.2, 0.25) is 0 Å². The second kappa shape index (κ2) is 7.64. The number of benzene rings is 2. The van der Waals surface area contributed by atoms with Crippen LogP contribution in [0.3, 0.4) is 0 Å². The molecule has 2 aromatic heterocycles. The summed E-state index contributed by atoms with van der Waals surface area (Å²) < 4.78 is 2.00. The van der Waals surface area contributed by atoms with Crippen molar-refractivity contribution in [3.8, 4) is 22.5 Å². The molecule has 0 fully saturated rings. The van der Waals surface area contributed by atoms with Gasteiger partial charge in [0.1, 0.15) is 6.04 Å². The molecule has 140 valence electrons. The molecule has 1 amide bonds. The van der Waals surface area contributed by atoms with Crippen molar-refractivity contribution < 1.29 is 4.79 Å². The standard InChI is InChI=1S/C23H22N4O/c1-3-20(23(28)24-2)27-15-26-21(16-8-5-4-6-9-16)22(27)19-11-7-10-17-14-25-13-12-18(17)19/h4-15,20H,3H2,1-2H3,(H,24,28). The van der Waals surface area contributed by atoms with Crippen LogP contribution in [0, 0.1) is 0 Å². The molecule has 0 radical (unpaired) electrons. The molecular weight excluding hydrogens is 348 g/mol. The molecule has 0 bridgehead atoms. The van der Waals surface area contributed by atoms with Gasteiger partial charge in [-0.2, -0.15) is 0 Å². The lowest BCUT2D eigenvalue weighted by Gasteiger charge is -2.20. The number of carbonyl (C=O) groups is 1. The Balaban J connectivity index is 2.03. The Morgan fingerprint density at radius 3 is 2.68 bits per heavy atom. The largest absolute Gasteiger partial charge is 0.357 e. The Kier molecular flexibility index (Phi) is 4.89. The molecule has 0 saturated carbocycles. The fraction of sp³-hybridized carbons (Fsp3) is 0.174. The summed E-state index contributed by atoms with van der Waals surface area (Å²) in [6, 6.07) is 17.9. The molecule has 4 aromatic rings. The zero-order valence-electron chi connectivity index (χ0n) is 16.0. The third kappa shape index (κ3) is 3.05. The maximum Gasteiger partial charge on any atom is 0.242 e.